The fourth-order valence-electron chi connectivity index (χ4n) is 1.90. The van der Waals surface area contributed by atoms with Gasteiger partial charge in [0.1, 0.15) is 11.5 Å². The number of carboxylic acid groups (broad SMARTS) is 1. The van der Waals surface area contributed by atoms with E-state index >= 15 is 0 Å². The SMILES string of the molecule is Cc1cccc(C(=O)O)c1NC(=O)c1cc(O)ccc1O. The maximum absolute atomic E-state index is 12.1. The molecular formula is C15H13NO5. The van der Waals surface area contributed by atoms with Gasteiger partial charge in [0.05, 0.1) is 16.8 Å². The summed E-state index contributed by atoms with van der Waals surface area (Å²) < 4.78 is 0. The molecule has 0 bridgehead atoms. The molecule has 1 amide bonds. The number of hydrogen-bond acceptors (Lipinski definition) is 4. The number of hydrogen-bond donors (Lipinski definition) is 4. The zero-order valence-corrected chi connectivity index (χ0v) is 11.1. The van der Waals surface area contributed by atoms with Crippen molar-refractivity contribution < 1.29 is 24.9 Å². The van der Waals surface area contributed by atoms with E-state index in [2.05, 4.69) is 5.32 Å². The maximum Gasteiger partial charge on any atom is 0.337 e. The van der Waals surface area contributed by atoms with Crippen molar-refractivity contribution in [3.63, 3.8) is 0 Å². The zero-order valence-electron chi connectivity index (χ0n) is 11.1. The highest BCUT2D eigenvalue weighted by Crippen LogP contribution is 2.25. The number of aryl methyl sites for hydroxylation is 1. The Hall–Kier alpha value is -3.02. The summed E-state index contributed by atoms with van der Waals surface area (Å²) in [6, 6.07) is 8.12. The predicted molar refractivity (Wildman–Crippen MR) is 75.9 cm³/mol. The minimum atomic E-state index is -1.17. The van der Waals surface area contributed by atoms with Gasteiger partial charge in [0.2, 0.25) is 0 Å². The highest BCUT2D eigenvalue weighted by atomic mass is 16.4. The van der Waals surface area contributed by atoms with Crippen molar-refractivity contribution in [1.82, 2.24) is 0 Å². The number of carbonyl (C=O) groups excluding carboxylic acids is 1. The first-order valence-corrected chi connectivity index (χ1v) is 6.06. The van der Waals surface area contributed by atoms with Crippen LogP contribution in [0.15, 0.2) is 36.4 Å². The van der Waals surface area contributed by atoms with Gasteiger partial charge in [-0.1, -0.05) is 12.1 Å². The first-order chi connectivity index (χ1) is 9.90. The second-order valence-electron chi connectivity index (χ2n) is 4.46. The number of carboxylic acids is 1. The smallest absolute Gasteiger partial charge is 0.337 e. The average molecular weight is 287 g/mol. The molecule has 2 aromatic carbocycles. The molecule has 0 saturated carbocycles. The van der Waals surface area contributed by atoms with Gasteiger partial charge in [0, 0.05) is 0 Å². The van der Waals surface area contributed by atoms with E-state index in [1.165, 1.54) is 18.2 Å². The van der Waals surface area contributed by atoms with E-state index in [4.69, 9.17) is 5.11 Å². The molecule has 0 unspecified atom stereocenters. The van der Waals surface area contributed by atoms with Crippen LogP contribution in [0, 0.1) is 6.92 Å². The van der Waals surface area contributed by atoms with Crippen LogP contribution in [0.3, 0.4) is 0 Å². The number of aromatic hydroxyl groups is 2. The molecule has 2 rings (SSSR count). The Morgan fingerprint density at radius 3 is 2.43 bits per heavy atom. The molecule has 0 aliphatic carbocycles. The Bertz CT molecular complexity index is 724. The summed E-state index contributed by atoms with van der Waals surface area (Å²) in [5, 5.41) is 30.6. The van der Waals surface area contributed by atoms with Crippen LogP contribution in [-0.4, -0.2) is 27.2 Å². The highest BCUT2D eigenvalue weighted by molar-refractivity contribution is 6.09. The van der Waals surface area contributed by atoms with Gasteiger partial charge >= 0.3 is 5.97 Å². The number of anilines is 1. The maximum atomic E-state index is 12.1. The van der Waals surface area contributed by atoms with Gasteiger partial charge in [-0.15, -0.1) is 0 Å². The number of para-hydroxylation sites is 1. The van der Waals surface area contributed by atoms with E-state index in [-0.39, 0.29) is 28.3 Å². The lowest BCUT2D eigenvalue weighted by molar-refractivity contribution is 0.0698. The lowest BCUT2D eigenvalue weighted by Gasteiger charge is -2.12. The lowest BCUT2D eigenvalue weighted by atomic mass is 10.1. The van der Waals surface area contributed by atoms with Crippen molar-refractivity contribution >= 4 is 17.6 Å². The largest absolute Gasteiger partial charge is 0.508 e. The highest BCUT2D eigenvalue weighted by Gasteiger charge is 2.17. The summed E-state index contributed by atoms with van der Waals surface area (Å²) in [5.41, 5.74) is 0.526. The molecule has 6 nitrogen and oxygen atoms in total. The Kier molecular flexibility index (Phi) is 3.80. The molecule has 0 heterocycles. The fourth-order valence-corrected chi connectivity index (χ4v) is 1.90. The summed E-state index contributed by atoms with van der Waals surface area (Å²) in [6.45, 7) is 1.66. The van der Waals surface area contributed by atoms with Crippen molar-refractivity contribution in [3.05, 3.63) is 53.1 Å². The molecule has 0 spiro atoms. The Morgan fingerprint density at radius 1 is 1.05 bits per heavy atom. The second-order valence-corrected chi connectivity index (χ2v) is 4.46. The number of rotatable bonds is 3. The molecule has 0 radical (unpaired) electrons. The lowest BCUT2D eigenvalue weighted by Crippen LogP contribution is -2.16. The molecule has 0 aliphatic heterocycles. The third kappa shape index (κ3) is 2.94. The minimum Gasteiger partial charge on any atom is -0.508 e. The van der Waals surface area contributed by atoms with Crippen LogP contribution in [0.5, 0.6) is 11.5 Å². The van der Waals surface area contributed by atoms with Crippen LogP contribution in [-0.2, 0) is 0 Å². The summed E-state index contributed by atoms with van der Waals surface area (Å²) in [6.07, 6.45) is 0. The number of aromatic carboxylic acids is 1. The van der Waals surface area contributed by atoms with E-state index in [1.807, 2.05) is 0 Å². The number of phenols is 2. The molecular weight excluding hydrogens is 274 g/mol. The number of nitrogens with one attached hydrogen (secondary N) is 1. The summed E-state index contributed by atoms with van der Waals surface area (Å²) in [5.74, 6) is -2.37. The fraction of sp³-hybridized carbons (Fsp3) is 0.0667. The third-order valence-corrected chi connectivity index (χ3v) is 2.97. The van der Waals surface area contributed by atoms with Gasteiger partial charge in [0.15, 0.2) is 0 Å². The number of carbonyl (C=O) groups is 2. The van der Waals surface area contributed by atoms with Crippen LogP contribution in [0.4, 0.5) is 5.69 Å². The Labute approximate surface area is 120 Å². The van der Waals surface area contributed by atoms with Gasteiger partial charge in [0.25, 0.3) is 5.91 Å². The van der Waals surface area contributed by atoms with Crippen LogP contribution >= 0.6 is 0 Å². The Morgan fingerprint density at radius 2 is 1.76 bits per heavy atom. The minimum absolute atomic E-state index is 0.0528. The molecule has 0 fully saturated rings. The van der Waals surface area contributed by atoms with Crippen LogP contribution in [0.2, 0.25) is 0 Å². The molecule has 4 N–H and O–H groups in total. The summed E-state index contributed by atoms with van der Waals surface area (Å²) in [4.78, 5) is 23.3. The normalized spacial score (nSPS) is 10.1. The van der Waals surface area contributed by atoms with Gasteiger partial charge in [-0.2, -0.15) is 0 Å². The zero-order chi connectivity index (χ0) is 15.6. The Balaban J connectivity index is 2.41. The van der Waals surface area contributed by atoms with Gasteiger partial charge in [-0.05, 0) is 36.8 Å². The summed E-state index contributed by atoms with van der Waals surface area (Å²) in [7, 11) is 0. The average Bonchev–Trinajstić information content (AvgIpc) is 2.43. The molecule has 2 aromatic rings. The summed E-state index contributed by atoms with van der Waals surface area (Å²) >= 11 is 0. The van der Waals surface area contributed by atoms with Crippen LogP contribution in [0.25, 0.3) is 0 Å². The molecule has 0 saturated heterocycles. The monoisotopic (exact) mass is 287 g/mol. The second kappa shape index (κ2) is 5.54. The van der Waals surface area contributed by atoms with Crippen molar-refractivity contribution in [2.75, 3.05) is 5.32 Å². The topological polar surface area (TPSA) is 107 Å². The molecule has 6 heteroatoms. The van der Waals surface area contributed by atoms with Crippen molar-refractivity contribution in [3.8, 4) is 11.5 Å². The molecule has 0 atom stereocenters. The van der Waals surface area contributed by atoms with Crippen molar-refractivity contribution in [1.29, 1.82) is 0 Å². The van der Waals surface area contributed by atoms with Gasteiger partial charge in [-0.25, -0.2) is 4.79 Å². The van der Waals surface area contributed by atoms with E-state index in [1.54, 1.807) is 19.1 Å². The van der Waals surface area contributed by atoms with E-state index in [0.717, 1.165) is 6.07 Å². The molecule has 21 heavy (non-hydrogen) atoms. The molecule has 0 aliphatic rings. The first kappa shape index (κ1) is 14.4. The standard InChI is InChI=1S/C15H13NO5/c1-8-3-2-4-10(15(20)21)13(8)16-14(19)11-7-9(17)5-6-12(11)18/h2-7,17-18H,1H3,(H,16,19)(H,20,21). The van der Waals surface area contributed by atoms with E-state index in [9.17, 15) is 19.8 Å². The van der Waals surface area contributed by atoms with Crippen LogP contribution in [0.1, 0.15) is 26.3 Å². The first-order valence-electron chi connectivity index (χ1n) is 6.06. The van der Waals surface area contributed by atoms with Gasteiger partial charge in [-0.3, -0.25) is 4.79 Å². The van der Waals surface area contributed by atoms with E-state index in [0.29, 0.717) is 5.56 Å². The quantitative estimate of drug-likeness (QED) is 0.648. The van der Waals surface area contributed by atoms with Gasteiger partial charge < -0.3 is 20.6 Å². The molecule has 0 aromatic heterocycles. The van der Waals surface area contributed by atoms with Crippen LogP contribution < -0.4 is 5.32 Å². The number of benzene rings is 2. The predicted octanol–water partition coefficient (Wildman–Crippen LogP) is 2.36. The third-order valence-electron chi connectivity index (χ3n) is 2.97. The number of phenolic OH excluding ortho intramolecular Hbond substituents is 2. The van der Waals surface area contributed by atoms with E-state index < -0.39 is 11.9 Å². The van der Waals surface area contributed by atoms with Crippen molar-refractivity contribution in [2.45, 2.75) is 6.92 Å². The number of amides is 1. The molecule has 108 valence electrons. The van der Waals surface area contributed by atoms with Crippen molar-refractivity contribution in [2.24, 2.45) is 0 Å².